The van der Waals surface area contributed by atoms with Gasteiger partial charge in [-0.25, -0.2) is 4.98 Å². The first-order valence-electron chi connectivity index (χ1n) is 6.11. The van der Waals surface area contributed by atoms with Gasteiger partial charge in [0.25, 0.3) is 0 Å². The van der Waals surface area contributed by atoms with E-state index in [1.165, 1.54) is 5.56 Å². The fraction of sp³-hybridized carbons (Fsp3) is 0.133. The molecule has 4 heteroatoms. The number of pyridine rings is 1. The van der Waals surface area contributed by atoms with Crippen LogP contribution in [0, 0.1) is 6.92 Å². The summed E-state index contributed by atoms with van der Waals surface area (Å²) in [6, 6.07) is 12.3. The molecule has 0 aliphatic carbocycles. The molecule has 3 rings (SSSR count). The van der Waals surface area contributed by atoms with E-state index < -0.39 is 0 Å². The molecule has 0 amide bonds. The minimum atomic E-state index is 0.708. The standard InChI is InChI=1S/C15H14BrN3/c1-10-7-14-18-13(8-11-5-3-2-4-6-11)15(17)19(14)9-12(10)16/h2-7,9H,8,17H2,1H3. The first kappa shape index (κ1) is 12.2. The second-order valence-electron chi connectivity index (χ2n) is 4.64. The van der Waals surface area contributed by atoms with Crippen LogP contribution in [0.1, 0.15) is 16.8 Å². The number of nitrogens with zero attached hydrogens (tertiary/aromatic N) is 2. The van der Waals surface area contributed by atoms with Crippen LogP contribution in [0.15, 0.2) is 47.1 Å². The Hall–Kier alpha value is -1.81. The smallest absolute Gasteiger partial charge is 0.139 e. The van der Waals surface area contributed by atoms with Crippen molar-refractivity contribution in [1.82, 2.24) is 9.38 Å². The maximum Gasteiger partial charge on any atom is 0.139 e. The monoisotopic (exact) mass is 315 g/mol. The molecular formula is C15H14BrN3. The summed E-state index contributed by atoms with van der Waals surface area (Å²) >= 11 is 3.52. The Balaban J connectivity index is 2.08. The molecular weight excluding hydrogens is 302 g/mol. The highest BCUT2D eigenvalue weighted by Crippen LogP contribution is 2.23. The van der Waals surface area contributed by atoms with Crippen LogP contribution < -0.4 is 5.73 Å². The van der Waals surface area contributed by atoms with E-state index in [0.717, 1.165) is 27.8 Å². The predicted molar refractivity (Wildman–Crippen MR) is 81.3 cm³/mol. The first-order valence-corrected chi connectivity index (χ1v) is 6.91. The quantitative estimate of drug-likeness (QED) is 0.785. The molecule has 0 atom stereocenters. The van der Waals surface area contributed by atoms with Crippen molar-refractivity contribution in [3.8, 4) is 0 Å². The average Bonchev–Trinajstić information content (AvgIpc) is 2.69. The normalized spacial score (nSPS) is 11.1. The summed E-state index contributed by atoms with van der Waals surface area (Å²) in [6.45, 7) is 2.05. The van der Waals surface area contributed by atoms with Crippen molar-refractivity contribution < 1.29 is 0 Å². The van der Waals surface area contributed by atoms with Gasteiger partial charge in [0.15, 0.2) is 0 Å². The zero-order valence-electron chi connectivity index (χ0n) is 10.6. The number of halogens is 1. The Bertz CT molecular complexity index is 732. The van der Waals surface area contributed by atoms with Gasteiger partial charge in [-0.2, -0.15) is 0 Å². The molecule has 96 valence electrons. The largest absolute Gasteiger partial charge is 0.383 e. The van der Waals surface area contributed by atoms with Gasteiger partial charge >= 0.3 is 0 Å². The molecule has 1 aromatic carbocycles. The molecule has 2 heterocycles. The lowest BCUT2D eigenvalue weighted by atomic mass is 10.1. The molecule has 0 aliphatic rings. The zero-order valence-corrected chi connectivity index (χ0v) is 12.2. The number of benzene rings is 1. The predicted octanol–water partition coefficient (Wildman–Crippen LogP) is 3.58. The van der Waals surface area contributed by atoms with Gasteiger partial charge in [0.1, 0.15) is 11.5 Å². The first-order chi connectivity index (χ1) is 9.15. The van der Waals surface area contributed by atoms with Crippen LogP contribution in [0.4, 0.5) is 5.82 Å². The summed E-state index contributed by atoms with van der Waals surface area (Å²) in [7, 11) is 0. The Labute approximate surface area is 120 Å². The summed E-state index contributed by atoms with van der Waals surface area (Å²) < 4.78 is 2.96. The van der Waals surface area contributed by atoms with E-state index in [9.17, 15) is 0 Å². The van der Waals surface area contributed by atoms with E-state index in [0.29, 0.717) is 5.82 Å². The van der Waals surface area contributed by atoms with Crippen molar-refractivity contribution in [2.45, 2.75) is 13.3 Å². The van der Waals surface area contributed by atoms with Crippen LogP contribution in [0.2, 0.25) is 0 Å². The number of nitrogen functional groups attached to an aromatic ring is 1. The number of nitrogens with two attached hydrogens (primary N) is 1. The number of fused-ring (bicyclic) bond motifs is 1. The third kappa shape index (κ3) is 2.24. The topological polar surface area (TPSA) is 43.3 Å². The molecule has 2 N–H and O–H groups in total. The van der Waals surface area contributed by atoms with Gasteiger partial charge in [0.05, 0.1) is 5.69 Å². The number of imidazole rings is 1. The molecule has 0 radical (unpaired) electrons. The Kier molecular flexibility index (Phi) is 3.03. The van der Waals surface area contributed by atoms with Crippen LogP contribution in [0.3, 0.4) is 0 Å². The molecule has 0 unspecified atom stereocenters. The van der Waals surface area contributed by atoms with Gasteiger partial charge in [-0.15, -0.1) is 0 Å². The average molecular weight is 316 g/mol. The van der Waals surface area contributed by atoms with Crippen molar-refractivity contribution >= 4 is 27.4 Å². The van der Waals surface area contributed by atoms with Crippen LogP contribution in [-0.4, -0.2) is 9.38 Å². The molecule has 0 aliphatic heterocycles. The molecule has 0 spiro atoms. The van der Waals surface area contributed by atoms with Gasteiger partial charge in [-0.3, -0.25) is 4.40 Å². The summed E-state index contributed by atoms with van der Waals surface area (Å²) in [4.78, 5) is 4.63. The van der Waals surface area contributed by atoms with E-state index in [1.807, 2.05) is 41.8 Å². The van der Waals surface area contributed by atoms with Crippen LogP contribution in [-0.2, 0) is 6.42 Å². The number of hydrogen-bond acceptors (Lipinski definition) is 2. The Morgan fingerprint density at radius 1 is 1.26 bits per heavy atom. The summed E-state index contributed by atoms with van der Waals surface area (Å²) in [5.74, 6) is 0.708. The molecule has 3 nitrogen and oxygen atoms in total. The number of anilines is 1. The lowest BCUT2D eigenvalue weighted by Gasteiger charge is -2.01. The SMILES string of the molecule is Cc1cc2nc(Cc3ccccc3)c(N)n2cc1Br. The number of rotatable bonds is 2. The summed E-state index contributed by atoms with van der Waals surface area (Å²) in [5, 5.41) is 0. The number of aryl methyl sites for hydroxylation is 1. The second-order valence-corrected chi connectivity index (χ2v) is 5.49. The minimum Gasteiger partial charge on any atom is -0.383 e. The molecule has 0 saturated heterocycles. The lowest BCUT2D eigenvalue weighted by molar-refractivity contribution is 1.12. The van der Waals surface area contributed by atoms with Gasteiger partial charge < -0.3 is 5.73 Å². The van der Waals surface area contributed by atoms with Crippen LogP contribution in [0.5, 0.6) is 0 Å². The fourth-order valence-corrected chi connectivity index (χ4v) is 2.47. The van der Waals surface area contributed by atoms with Crippen molar-refractivity contribution in [3.63, 3.8) is 0 Å². The molecule has 0 fully saturated rings. The van der Waals surface area contributed by atoms with E-state index >= 15 is 0 Å². The third-order valence-corrected chi connectivity index (χ3v) is 4.06. The van der Waals surface area contributed by atoms with Crippen molar-refractivity contribution in [2.24, 2.45) is 0 Å². The van der Waals surface area contributed by atoms with Crippen LogP contribution >= 0.6 is 15.9 Å². The zero-order chi connectivity index (χ0) is 13.4. The van der Waals surface area contributed by atoms with Crippen LogP contribution in [0.25, 0.3) is 5.65 Å². The highest BCUT2D eigenvalue weighted by molar-refractivity contribution is 9.10. The van der Waals surface area contributed by atoms with Gasteiger partial charge in [-0.1, -0.05) is 30.3 Å². The Morgan fingerprint density at radius 3 is 2.74 bits per heavy atom. The van der Waals surface area contributed by atoms with Gasteiger partial charge in [-0.05, 0) is 40.0 Å². The van der Waals surface area contributed by atoms with Crippen molar-refractivity contribution in [2.75, 3.05) is 5.73 Å². The Morgan fingerprint density at radius 2 is 2.00 bits per heavy atom. The van der Waals surface area contributed by atoms with E-state index in [-0.39, 0.29) is 0 Å². The fourth-order valence-electron chi connectivity index (χ4n) is 2.15. The highest BCUT2D eigenvalue weighted by Gasteiger charge is 2.11. The number of hydrogen-bond donors (Lipinski definition) is 1. The van der Waals surface area contributed by atoms with Gasteiger partial charge in [0, 0.05) is 17.1 Å². The van der Waals surface area contributed by atoms with E-state index in [2.05, 4.69) is 33.0 Å². The maximum atomic E-state index is 6.19. The minimum absolute atomic E-state index is 0.708. The summed E-state index contributed by atoms with van der Waals surface area (Å²) in [5.41, 5.74) is 10.4. The second kappa shape index (κ2) is 4.70. The summed E-state index contributed by atoms with van der Waals surface area (Å²) in [6.07, 6.45) is 2.73. The maximum absolute atomic E-state index is 6.19. The van der Waals surface area contributed by atoms with Crippen molar-refractivity contribution in [1.29, 1.82) is 0 Å². The molecule has 2 aromatic heterocycles. The molecule has 19 heavy (non-hydrogen) atoms. The molecule has 3 aromatic rings. The molecule has 0 saturated carbocycles. The van der Waals surface area contributed by atoms with E-state index in [4.69, 9.17) is 5.73 Å². The van der Waals surface area contributed by atoms with Gasteiger partial charge in [0.2, 0.25) is 0 Å². The highest BCUT2D eigenvalue weighted by atomic mass is 79.9. The van der Waals surface area contributed by atoms with Crippen molar-refractivity contribution in [3.05, 3.63) is 63.9 Å². The lowest BCUT2D eigenvalue weighted by Crippen LogP contribution is -1.97. The third-order valence-electron chi connectivity index (χ3n) is 3.23. The molecule has 0 bridgehead atoms. The van der Waals surface area contributed by atoms with E-state index in [1.54, 1.807) is 0 Å². The number of aromatic nitrogens is 2.